The Balaban J connectivity index is 1.71. The van der Waals surface area contributed by atoms with E-state index in [1.807, 2.05) is 13.8 Å². The number of aromatic nitrogens is 3. The van der Waals surface area contributed by atoms with Gasteiger partial charge >= 0.3 is 0 Å². The molecule has 3 aromatic rings. The highest BCUT2D eigenvalue weighted by Crippen LogP contribution is 2.37. The van der Waals surface area contributed by atoms with Crippen LogP contribution in [0.25, 0.3) is 11.0 Å². The first-order valence-corrected chi connectivity index (χ1v) is 10.4. The molecule has 1 unspecified atom stereocenters. The van der Waals surface area contributed by atoms with E-state index in [9.17, 15) is 13.2 Å². The van der Waals surface area contributed by atoms with Crippen molar-refractivity contribution in [2.75, 3.05) is 16.2 Å². The fourth-order valence-electron chi connectivity index (χ4n) is 3.69. The third kappa shape index (κ3) is 2.91. The molecule has 0 saturated heterocycles. The molecule has 146 valence electrons. The molecule has 28 heavy (non-hydrogen) atoms. The zero-order valence-corrected chi connectivity index (χ0v) is 16.9. The van der Waals surface area contributed by atoms with Gasteiger partial charge in [-0.05, 0) is 30.7 Å². The molecule has 0 aliphatic carbocycles. The minimum absolute atomic E-state index is 0.102. The van der Waals surface area contributed by atoms with Crippen molar-refractivity contribution in [2.45, 2.75) is 31.6 Å². The van der Waals surface area contributed by atoms with Crippen molar-refractivity contribution in [1.82, 2.24) is 14.8 Å². The fraction of sp³-hybridized carbons (Fsp3) is 0.316. The number of sulfonamides is 1. The highest BCUT2D eigenvalue weighted by molar-refractivity contribution is 7.92. The van der Waals surface area contributed by atoms with E-state index in [-0.39, 0.29) is 16.7 Å². The maximum absolute atomic E-state index is 12.9. The monoisotopic (exact) mass is 399 g/mol. The number of nitrogens with zero attached hydrogens (tertiary/aromatic N) is 4. The van der Waals surface area contributed by atoms with E-state index >= 15 is 0 Å². The quantitative estimate of drug-likeness (QED) is 0.730. The van der Waals surface area contributed by atoms with Crippen LogP contribution in [0.5, 0.6) is 0 Å². The molecule has 1 N–H and O–H groups in total. The van der Waals surface area contributed by atoms with Gasteiger partial charge in [-0.15, -0.1) is 0 Å². The van der Waals surface area contributed by atoms with Gasteiger partial charge in [0.1, 0.15) is 0 Å². The largest absolute Gasteiger partial charge is 0.312 e. The number of hydrogen-bond donors (Lipinski definition) is 1. The zero-order chi connectivity index (χ0) is 20.2. The second kappa shape index (κ2) is 6.30. The summed E-state index contributed by atoms with van der Waals surface area (Å²) in [6, 6.07) is 6.64. The van der Waals surface area contributed by atoms with Crippen LogP contribution in [-0.2, 0) is 21.9 Å². The minimum atomic E-state index is -3.83. The van der Waals surface area contributed by atoms with Crippen molar-refractivity contribution >= 4 is 38.3 Å². The van der Waals surface area contributed by atoms with Gasteiger partial charge in [-0.3, -0.25) is 14.2 Å². The number of benzene rings is 1. The molecule has 8 nitrogen and oxygen atoms in total. The summed E-state index contributed by atoms with van der Waals surface area (Å²) in [4.78, 5) is 17.9. The van der Waals surface area contributed by atoms with E-state index in [1.165, 1.54) is 13.1 Å². The van der Waals surface area contributed by atoms with Crippen molar-refractivity contribution in [1.29, 1.82) is 0 Å². The lowest BCUT2D eigenvalue weighted by Crippen LogP contribution is -2.26. The number of fused-ring (bicyclic) bond motifs is 2. The summed E-state index contributed by atoms with van der Waals surface area (Å²) < 4.78 is 30.1. The normalized spacial score (nSPS) is 16.4. The number of rotatable bonds is 3. The smallest absolute Gasteiger partial charge is 0.262 e. The number of nitrogens with one attached hydrogen (secondary N) is 1. The van der Waals surface area contributed by atoms with Crippen molar-refractivity contribution in [3.05, 3.63) is 41.7 Å². The molecule has 2 aromatic heterocycles. The number of aryl methyl sites for hydroxylation is 2. The Morgan fingerprint density at radius 1 is 1.29 bits per heavy atom. The molecular weight excluding hydrogens is 378 g/mol. The van der Waals surface area contributed by atoms with Crippen molar-refractivity contribution in [2.24, 2.45) is 7.05 Å². The van der Waals surface area contributed by atoms with Crippen molar-refractivity contribution in [3.8, 4) is 0 Å². The number of carbonyl (C=O) groups is 1. The van der Waals surface area contributed by atoms with Crippen LogP contribution in [0, 0.1) is 6.92 Å². The summed E-state index contributed by atoms with van der Waals surface area (Å²) in [7, 11) is -2.04. The van der Waals surface area contributed by atoms with Gasteiger partial charge in [0.05, 0.1) is 22.5 Å². The second-order valence-corrected chi connectivity index (χ2v) is 8.84. The third-order valence-corrected chi connectivity index (χ3v) is 6.46. The van der Waals surface area contributed by atoms with Gasteiger partial charge in [-0.25, -0.2) is 13.4 Å². The lowest BCUT2D eigenvalue weighted by atomic mass is 10.0. The Morgan fingerprint density at radius 3 is 2.75 bits per heavy atom. The SMILES string of the molecule is CC(=O)N1CC(C)c2ccc(S(=O)(=O)Nc3cnc4c(c3)c(C)nn4C)cc21. The number of pyridine rings is 1. The van der Waals surface area contributed by atoms with E-state index in [0.29, 0.717) is 23.6 Å². The van der Waals surface area contributed by atoms with Gasteiger partial charge < -0.3 is 4.90 Å². The first-order valence-electron chi connectivity index (χ1n) is 8.91. The van der Waals surface area contributed by atoms with Crippen LogP contribution in [0.15, 0.2) is 35.4 Å². The number of hydrogen-bond acceptors (Lipinski definition) is 5. The molecule has 0 bridgehead atoms. The lowest BCUT2D eigenvalue weighted by molar-refractivity contribution is -0.116. The van der Waals surface area contributed by atoms with Crippen molar-refractivity contribution in [3.63, 3.8) is 0 Å². The lowest BCUT2D eigenvalue weighted by Gasteiger charge is -2.16. The molecule has 0 spiro atoms. The second-order valence-electron chi connectivity index (χ2n) is 7.16. The molecule has 1 amide bonds. The summed E-state index contributed by atoms with van der Waals surface area (Å²) in [5.41, 5.74) is 3.45. The summed E-state index contributed by atoms with van der Waals surface area (Å²) in [5.74, 6) is 0.0681. The van der Waals surface area contributed by atoms with E-state index < -0.39 is 10.0 Å². The van der Waals surface area contributed by atoms with E-state index in [4.69, 9.17) is 0 Å². The maximum atomic E-state index is 12.9. The van der Waals surface area contributed by atoms with Gasteiger partial charge in [-0.2, -0.15) is 5.10 Å². The van der Waals surface area contributed by atoms with Crippen LogP contribution in [0.1, 0.15) is 31.0 Å². The Kier molecular flexibility index (Phi) is 4.15. The summed E-state index contributed by atoms with van der Waals surface area (Å²) in [5, 5.41) is 5.08. The van der Waals surface area contributed by atoms with Crippen LogP contribution < -0.4 is 9.62 Å². The van der Waals surface area contributed by atoms with Crippen LogP contribution in [0.4, 0.5) is 11.4 Å². The Bertz CT molecular complexity index is 1220. The molecule has 1 aliphatic rings. The average molecular weight is 399 g/mol. The fourth-order valence-corrected chi connectivity index (χ4v) is 4.74. The van der Waals surface area contributed by atoms with E-state index in [0.717, 1.165) is 16.6 Å². The molecule has 1 atom stereocenters. The first kappa shape index (κ1) is 18.4. The van der Waals surface area contributed by atoms with Crippen LogP contribution in [0.2, 0.25) is 0 Å². The van der Waals surface area contributed by atoms with E-state index in [1.54, 1.807) is 40.9 Å². The Labute approximate surface area is 163 Å². The molecule has 0 fully saturated rings. The molecule has 1 aliphatic heterocycles. The highest BCUT2D eigenvalue weighted by atomic mass is 32.2. The van der Waals surface area contributed by atoms with Gasteiger partial charge in [0.15, 0.2) is 5.65 Å². The molecule has 0 radical (unpaired) electrons. The predicted octanol–water partition coefficient (Wildman–Crippen LogP) is 2.55. The van der Waals surface area contributed by atoms with Crippen LogP contribution >= 0.6 is 0 Å². The van der Waals surface area contributed by atoms with Gasteiger partial charge in [0.2, 0.25) is 5.91 Å². The summed E-state index contributed by atoms with van der Waals surface area (Å²) in [6.07, 6.45) is 1.47. The maximum Gasteiger partial charge on any atom is 0.262 e. The zero-order valence-electron chi connectivity index (χ0n) is 16.1. The van der Waals surface area contributed by atoms with Gasteiger partial charge in [0.25, 0.3) is 10.0 Å². The summed E-state index contributed by atoms with van der Waals surface area (Å²) in [6.45, 7) is 5.91. The standard InChI is InChI=1S/C19H21N5O3S/c1-11-10-24(13(3)25)18-8-15(5-6-16(11)18)28(26,27)22-14-7-17-12(2)21-23(4)19(17)20-9-14/h5-9,11,22H,10H2,1-4H3. The Hall–Kier alpha value is -2.94. The molecule has 0 saturated carbocycles. The molecule has 3 heterocycles. The van der Waals surface area contributed by atoms with E-state index in [2.05, 4.69) is 14.8 Å². The molecule has 9 heteroatoms. The Morgan fingerprint density at radius 2 is 2.04 bits per heavy atom. The van der Waals surface area contributed by atoms with Crippen molar-refractivity contribution < 1.29 is 13.2 Å². The molecule has 4 rings (SSSR count). The van der Waals surface area contributed by atoms with Crippen LogP contribution in [-0.4, -0.2) is 35.6 Å². The molecular formula is C19H21N5O3S. The topological polar surface area (TPSA) is 97.2 Å². The van der Waals surface area contributed by atoms with Gasteiger partial charge in [0, 0.05) is 37.5 Å². The number of anilines is 2. The third-order valence-electron chi connectivity index (χ3n) is 5.09. The molecule has 1 aromatic carbocycles. The number of amides is 1. The predicted molar refractivity (Wildman–Crippen MR) is 107 cm³/mol. The van der Waals surface area contributed by atoms with Crippen LogP contribution in [0.3, 0.4) is 0 Å². The minimum Gasteiger partial charge on any atom is -0.312 e. The highest BCUT2D eigenvalue weighted by Gasteiger charge is 2.29. The van der Waals surface area contributed by atoms with Gasteiger partial charge in [-0.1, -0.05) is 13.0 Å². The number of carbonyl (C=O) groups excluding carboxylic acids is 1. The average Bonchev–Trinajstić information content (AvgIpc) is 3.11. The first-order chi connectivity index (χ1) is 13.2. The summed E-state index contributed by atoms with van der Waals surface area (Å²) >= 11 is 0.